The van der Waals surface area contributed by atoms with Crippen molar-refractivity contribution in [1.82, 2.24) is 4.98 Å². The lowest BCUT2D eigenvalue weighted by Gasteiger charge is -2.35. The highest BCUT2D eigenvalue weighted by atomic mass is 16.3. The van der Waals surface area contributed by atoms with Gasteiger partial charge >= 0.3 is 0 Å². The van der Waals surface area contributed by atoms with Crippen molar-refractivity contribution in [2.24, 2.45) is 5.92 Å². The summed E-state index contributed by atoms with van der Waals surface area (Å²) in [6.07, 6.45) is 3.81. The number of aromatic nitrogens is 1. The number of nitrogens with one attached hydrogen (secondary N) is 1. The monoisotopic (exact) mass is 259 g/mol. The van der Waals surface area contributed by atoms with E-state index in [0.29, 0.717) is 23.8 Å². The molecule has 1 aliphatic rings. The predicted molar refractivity (Wildman–Crippen MR) is 74.8 cm³/mol. The van der Waals surface area contributed by atoms with Gasteiger partial charge < -0.3 is 10.4 Å². The lowest BCUT2D eigenvalue weighted by Crippen LogP contribution is -2.40. The Morgan fingerprint density at radius 2 is 2.16 bits per heavy atom. The summed E-state index contributed by atoms with van der Waals surface area (Å²) in [4.78, 5) is 4.34. The Labute approximate surface area is 114 Å². The first-order valence-electron chi connectivity index (χ1n) is 6.86. The van der Waals surface area contributed by atoms with Gasteiger partial charge in [-0.15, -0.1) is 0 Å². The fourth-order valence-electron chi connectivity index (χ4n) is 2.56. The molecule has 19 heavy (non-hydrogen) atoms. The Morgan fingerprint density at radius 3 is 2.79 bits per heavy atom. The number of anilines is 1. The number of hydrogen-bond acceptors (Lipinski definition) is 4. The van der Waals surface area contributed by atoms with Crippen molar-refractivity contribution < 1.29 is 5.11 Å². The van der Waals surface area contributed by atoms with E-state index < -0.39 is 5.60 Å². The van der Waals surface area contributed by atoms with Crippen LogP contribution in [0.4, 0.5) is 5.82 Å². The number of nitriles is 1. The molecule has 1 fully saturated rings. The van der Waals surface area contributed by atoms with E-state index in [1.807, 2.05) is 6.92 Å². The Morgan fingerprint density at radius 1 is 1.47 bits per heavy atom. The summed E-state index contributed by atoms with van der Waals surface area (Å²) in [7, 11) is 0. The van der Waals surface area contributed by atoms with E-state index in [2.05, 4.69) is 23.3 Å². The zero-order valence-electron chi connectivity index (χ0n) is 11.6. The van der Waals surface area contributed by atoms with Gasteiger partial charge in [0, 0.05) is 12.2 Å². The maximum Gasteiger partial charge on any atom is 0.127 e. The van der Waals surface area contributed by atoms with Gasteiger partial charge in [0.1, 0.15) is 5.82 Å². The number of pyridine rings is 1. The fraction of sp³-hybridized carbons (Fsp3) is 0.600. The normalized spacial score (nSPS) is 26.7. The van der Waals surface area contributed by atoms with Gasteiger partial charge in [0.15, 0.2) is 0 Å². The van der Waals surface area contributed by atoms with Crippen LogP contribution in [-0.2, 0) is 0 Å². The van der Waals surface area contributed by atoms with E-state index >= 15 is 0 Å². The molecule has 0 aromatic carbocycles. The van der Waals surface area contributed by atoms with Gasteiger partial charge in [-0.1, -0.05) is 6.92 Å². The highest BCUT2D eigenvalue weighted by molar-refractivity contribution is 5.44. The van der Waals surface area contributed by atoms with Crippen LogP contribution in [0.5, 0.6) is 0 Å². The molecule has 0 aliphatic heterocycles. The SMILES string of the molecule is Cc1cc(C#N)cc(NCC2(O)CCC(C)CC2)n1. The second-order valence-corrected chi connectivity index (χ2v) is 5.75. The molecule has 1 saturated carbocycles. The number of aliphatic hydroxyl groups is 1. The lowest BCUT2D eigenvalue weighted by molar-refractivity contribution is 0.00494. The standard InChI is InChI=1S/C15H21N3O/c1-11-3-5-15(19,6-4-11)10-17-14-8-13(9-16)7-12(2)18-14/h7-8,11,19H,3-6,10H2,1-2H3,(H,17,18). The van der Waals surface area contributed by atoms with Crippen molar-refractivity contribution in [2.45, 2.75) is 45.1 Å². The molecule has 0 atom stereocenters. The van der Waals surface area contributed by atoms with E-state index in [4.69, 9.17) is 5.26 Å². The summed E-state index contributed by atoms with van der Waals surface area (Å²) in [6.45, 7) is 4.60. The molecule has 4 heteroatoms. The van der Waals surface area contributed by atoms with Gasteiger partial charge in [-0.25, -0.2) is 4.98 Å². The first kappa shape index (κ1) is 13.8. The summed E-state index contributed by atoms with van der Waals surface area (Å²) in [6, 6.07) is 5.60. The molecular weight excluding hydrogens is 238 g/mol. The molecule has 2 rings (SSSR count). The van der Waals surface area contributed by atoms with Crippen LogP contribution in [0.1, 0.15) is 43.9 Å². The molecule has 4 nitrogen and oxygen atoms in total. The topological polar surface area (TPSA) is 68.9 Å². The minimum Gasteiger partial charge on any atom is -0.388 e. The molecule has 0 unspecified atom stereocenters. The quantitative estimate of drug-likeness (QED) is 0.875. The summed E-state index contributed by atoms with van der Waals surface area (Å²) in [5.41, 5.74) is 0.773. The second-order valence-electron chi connectivity index (χ2n) is 5.75. The average Bonchev–Trinajstić information content (AvgIpc) is 2.40. The van der Waals surface area contributed by atoms with Crippen molar-refractivity contribution in [2.75, 3.05) is 11.9 Å². The van der Waals surface area contributed by atoms with E-state index in [0.717, 1.165) is 31.4 Å². The van der Waals surface area contributed by atoms with Gasteiger partial charge in [-0.2, -0.15) is 5.26 Å². The average molecular weight is 259 g/mol. The molecule has 1 heterocycles. The predicted octanol–water partition coefficient (Wildman–Crippen LogP) is 2.61. The van der Waals surface area contributed by atoms with Crippen LogP contribution in [0, 0.1) is 24.2 Å². The van der Waals surface area contributed by atoms with Crippen molar-refractivity contribution in [3.05, 3.63) is 23.4 Å². The van der Waals surface area contributed by atoms with Crippen LogP contribution in [0.2, 0.25) is 0 Å². The third-order valence-electron chi connectivity index (χ3n) is 3.89. The minimum atomic E-state index is -0.634. The van der Waals surface area contributed by atoms with Crippen molar-refractivity contribution in [1.29, 1.82) is 5.26 Å². The second kappa shape index (κ2) is 5.58. The van der Waals surface area contributed by atoms with Crippen molar-refractivity contribution >= 4 is 5.82 Å². The molecule has 0 amide bonds. The number of rotatable bonds is 3. The third kappa shape index (κ3) is 3.68. The molecule has 1 aromatic rings. The van der Waals surface area contributed by atoms with E-state index in [1.165, 1.54) is 0 Å². The van der Waals surface area contributed by atoms with E-state index in [1.54, 1.807) is 12.1 Å². The summed E-state index contributed by atoms with van der Waals surface area (Å²) in [5.74, 6) is 1.38. The molecule has 0 radical (unpaired) electrons. The first-order valence-corrected chi connectivity index (χ1v) is 6.86. The highest BCUT2D eigenvalue weighted by Crippen LogP contribution is 2.31. The van der Waals surface area contributed by atoms with Crippen LogP contribution in [0.3, 0.4) is 0 Å². The van der Waals surface area contributed by atoms with Crippen molar-refractivity contribution in [3.8, 4) is 6.07 Å². The summed E-state index contributed by atoms with van der Waals surface area (Å²) in [5, 5.41) is 22.6. The maximum atomic E-state index is 10.5. The molecule has 2 N–H and O–H groups in total. The molecule has 0 spiro atoms. The molecule has 0 bridgehead atoms. The maximum absolute atomic E-state index is 10.5. The van der Waals surface area contributed by atoms with Gasteiger partial charge in [-0.3, -0.25) is 0 Å². The van der Waals surface area contributed by atoms with Crippen LogP contribution in [-0.4, -0.2) is 22.2 Å². The Balaban J connectivity index is 1.99. The zero-order chi connectivity index (χ0) is 13.9. The number of aryl methyl sites for hydroxylation is 1. The lowest BCUT2D eigenvalue weighted by atomic mass is 9.79. The third-order valence-corrected chi connectivity index (χ3v) is 3.89. The summed E-state index contributed by atoms with van der Waals surface area (Å²) < 4.78 is 0. The number of hydrogen-bond donors (Lipinski definition) is 2. The first-order chi connectivity index (χ1) is 9.00. The Hall–Kier alpha value is -1.60. The molecule has 102 valence electrons. The van der Waals surface area contributed by atoms with Crippen molar-refractivity contribution in [3.63, 3.8) is 0 Å². The highest BCUT2D eigenvalue weighted by Gasteiger charge is 2.31. The van der Waals surface area contributed by atoms with Crippen LogP contribution < -0.4 is 5.32 Å². The largest absolute Gasteiger partial charge is 0.388 e. The molecule has 1 aliphatic carbocycles. The number of nitrogens with zero attached hydrogens (tertiary/aromatic N) is 2. The van der Waals surface area contributed by atoms with Crippen LogP contribution in [0.15, 0.2) is 12.1 Å². The minimum absolute atomic E-state index is 0.501. The van der Waals surface area contributed by atoms with Crippen LogP contribution in [0.25, 0.3) is 0 Å². The zero-order valence-corrected chi connectivity index (χ0v) is 11.6. The van der Waals surface area contributed by atoms with Gasteiger partial charge in [-0.05, 0) is 50.7 Å². The van der Waals surface area contributed by atoms with E-state index in [9.17, 15) is 5.11 Å². The van der Waals surface area contributed by atoms with Gasteiger partial charge in [0.2, 0.25) is 0 Å². The van der Waals surface area contributed by atoms with Gasteiger partial charge in [0.05, 0.1) is 17.2 Å². The van der Waals surface area contributed by atoms with Crippen LogP contribution >= 0.6 is 0 Å². The molecular formula is C15H21N3O. The Kier molecular flexibility index (Phi) is 4.06. The molecule has 0 saturated heterocycles. The molecule has 1 aromatic heterocycles. The van der Waals surface area contributed by atoms with Gasteiger partial charge in [0.25, 0.3) is 0 Å². The fourth-order valence-corrected chi connectivity index (χ4v) is 2.56. The Bertz CT molecular complexity index is 485. The van der Waals surface area contributed by atoms with E-state index in [-0.39, 0.29) is 0 Å². The summed E-state index contributed by atoms with van der Waals surface area (Å²) >= 11 is 0. The smallest absolute Gasteiger partial charge is 0.127 e.